The zero-order chi connectivity index (χ0) is 18.7. The number of amidine groups is 1. The molecule has 26 heavy (non-hydrogen) atoms. The summed E-state index contributed by atoms with van der Waals surface area (Å²) in [6.07, 6.45) is 0.873. The molecule has 3 N–H and O–H groups in total. The highest BCUT2D eigenvalue weighted by atomic mass is 35.5. The first kappa shape index (κ1) is 18.6. The summed E-state index contributed by atoms with van der Waals surface area (Å²) in [7, 11) is 1.55. The van der Waals surface area contributed by atoms with Crippen LogP contribution in [0.25, 0.3) is 0 Å². The second-order valence-corrected chi connectivity index (χ2v) is 7.73. The van der Waals surface area contributed by atoms with Crippen LogP contribution in [0.15, 0.2) is 47.5 Å². The normalized spacial score (nSPS) is 19.6. The molecule has 0 spiro atoms. The van der Waals surface area contributed by atoms with Crippen LogP contribution in [0.1, 0.15) is 29.3 Å². The molecule has 0 radical (unpaired) electrons. The number of benzene rings is 2. The van der Waals surface area contributed by atoms with Gasteiger partial charge in [0.05, 0.1) is 17.7 Å². The number of hydrogen-bond donors (Lipinski definition) is 2. The Labute approximate surface area is 162 Å². The van der Waals surface area contributed by atoms with Crippen LogP contribution in [0.3, 0.4) is 0 Å². The van der Waals surface area contributed by atoms with Gasteiger partial charge in [-0.2, -0.15) is 0 Å². The van der Waals surface area contributed by atoms with E-state index in [4.69, 9.17) is 22.1 Å². The Hall–Kier alpha value is -2.18. The first-order valence-electron chi connectivity index (χ1n) is 8.15. The summed E-state index contributed by atoms with van der Waals surface area (Å²) < 4.78 is 5.12. The molecule has 1 unspecified atom stereocenters. The number of methoxy groups -OCH3 is 1. The molecule has 1 heterocycles. The standard InChI is InChI=1S/C19H20ClN3O2S/c1-19(8-9-26-18(21)23-19)13-5-3-4-12(10-13)17(24)22-14-6-7-16(25-2)15(20)11-14/h3-7,10-11H,8-9H2,1-2H3,(H2,21,23)(H,22,24). The maximum Gasteiger partial charge on any atom is 0.255 e. The Morgan fingerprint density at radius 1 is 1.35 bits per heavy atom. The van der Waals surface area contributed by atoms with Crippen molar-refractivity contribution in [3.05, 3.63) is 58.6 Å². The molecule has 2 aromatic rings. The topological polar surface area (TPSA) is 76.7 Å². The number of anilines is 1. The van der Waals surface area contributed by atoms with E-state index >= 15 is 0 Å². The summed E-state index contributed by atoms with van der Waals surface area (Å²) in [5.74, 6) is 1.26. The number of carbonyl (C=O) groups excluding carboxylic acids is 1. The quantitative estimate of drug-likeness (QED) is 0.818. The number of nitrogens with two attached hydrogens (primary N) is 1. The summed E-state index contributed by atoms with van der Waals surface area (Å²) >= 11 is 7.67. The lowest BCUT2D eigenvalue weighted by atomic mass is 9.88. The highest BCUT2D eigenvalue weighted by molar-refractivity contribution is 8.13. The lowest BCUT2D eigenvalue weighted by Gasteiger charge is -2.30. The van der Waals surface area contributed by atoms with Crippen LogP contribution in [0.5, 0.6) is 5.75 Å². The molecular weight excluding hydrogens is 370 g/mol. The molecular formula is C19H20ClN3O2S. The number of hydrogen-bond acceptors (Lipinski definition) is 5. The van der Waals surface area contributed by atoms with E-state index in [9.17, 15) is 4.79 Å². The van der Waals surface area contributed by atoms with Crippen LogP contribution in [-0.2, 0) is 5.54 Å². The molecule has 0 aliphatic carbocycles. The van der Waals surface area contributed by atoms with Gasteiger partial charge in [0.15, 0.2) is 5.17 Å². The Kier molecular flexibility index (Phi) is 5.44. The first-order valence-corrected chi connectivity index (χ1v) is 9.51. The molecule has 7 heteroatoms. The first-order chi connectivity index (χ1) is 12.4. The minimum absolute atomic E-state index is 0.209. The summed E-state index contributed by atoms with van der Waals surface area (Å²) in [5, 5.41) is 3.88. The number of thioether (sulfide) groups is 1. The SMILES string of the molecule is COc1ccc(NC(=O)c2cccc(C3(C)CCSC(N)=N3)c2)cc1Cl. The van der Waals surface area contributed by atoms with Crippen molar-refractivity contribution >= 4 is 40.1 Å². The number of rotatable bonds is 4. The van der Waals surface area contributed by atoms with Gasteiger partial charge in [0, 0.05) is 17.0 Å². The van der Waals surface area contributed by atoms with Crippen molar-refractivity contribution in [3.63, 3.8) is 0 Å². The number of nitrogens with one attached hydrogen (secondary N) is 1. The molecule has 2 aromatic carbocycles. The van der Waals surface area contributed by atoms with Gasteiger partial charge in [-0.05, 0) is 49.2 Å². The van der Waals surface area contributed by atoms with Crippen LogP contribution < -0.4 is 15.8 Å². The summed E-state index contributed by atoms with van der Waals surface area (Å²) in [6, 6.07) is 12.6. The number of nitrogens with zero attached hydrogens (tertiary/aromatic N) is 1. The Balaban J connectivity index is 1.83. The molecule has 0 saturated heterocycles. The van der Waals surface area contributed by atoms with E-state index in [-0.39, 0.29) is 5.91 Å². The molecule has 0 aromatic heterocycles. The van der Waals surface area contributed by atoms with Crippen molar-refractivity contribution in [2.75, 3.05) is 18.2 Å². The monoisotopic (exact) mass is 389 g/mol. The van der Waals surface area contributed by atoms with Crippen LogP contribution in [0.4, 0.5) is 5.69 Å². The lowest BCUT2D eigenvalue weighted by molar-refractivity contribution is 0.102. The van der Waals surface area contributed by atoms with E-state index in [2.05, 4.69) is 10.3 Å². The van der Waals surface area contributed by atoms with E-state index < -0.39 is 5.54 Å². The van der Waals surface area contributed by atoms with E-state index in [1.54, 1.807) is 43.1 Å². The van der Waals surface area contributed by atoms with Crippen molar-refractivity contribution < 1.29 is 9.53 Å². The van der Waals surface area contributed by atoms with Crippen molar-refractivity contribution in [2.24, 2.45) is 10.7 Å². The molecule has 0 bridgehead atoms. The molecule has 1 amide bonds. The van der Waals surface area contributed by atoms with E-state index in [0.29, 0.717) is 27.2 Å². The number of ether oxygens (including phenoxy) is 1. The number of aliphatic imine (C=N–C) groups is 1. The maximum atomic E-state index is 12.6. The highest BCUT2D eigenvalue weighted by Crippen LogP contribution is 2.35. The van der Waals surface area contributed by atoms with Crippen LogP contribution in [0.2, 0.25) is 5.02 Å². The second kappa shape index (κ2) is 7.60. The minimum atomic E-state index is -0.408. The van der Waals surface area contributed by atoms with Crippen LogP contribution >= 0.6 is 23.4 Å². The minimum Gasteiger partial charge on any atom is -0.495 e. The van der Waals surface area contributed by atoms with Gasteiger partial charge < -0.3 is 15.8 Å². The third-order valence-corrected chi connectivity index (χ3v) is 5.44. The van der Waals surface area contributed by atoms with Crippen molar-refractivity contribution in [3.8, 4) is 5.75 Å². The Bertz CT molecular complexity index is 872. The van der Waals surface area contributed by atoms with Gasteiger partial charge in [0.2, 0.25) is 0 Å². The van der Waals surface area contributed by atoms with Gasteiger partial charge in [-0.15, -0.1) is 0 Å². The summed E-state index contributed by atoms with van der Waals surface area (Å²) in [4.78, 5) is 17.2. The van der Waals surface area contributed by atoms with Crippen molar-refractivity contribution in [2.45, 2.75) is 18.9 Å². The molecule has 1 aliphatic rings. The molecule has 3 rings (SSSR count). The third kappa shape index (κ3) is 3.97. The van der Waals surface area contributed by atoms with Gasteiger partial charge >= 0.3 is 0 Å². The Morgan fingerprint density at radius 2 is 2.15 bits per heavy atom. The van der Waals surface area contributed by atoms with Crippen molar-refractivity contribution in [1.29, 1.82) is 0 Å². The van der Waals surface area contributed by atoms with Crippen LogP contribution in [0, 0.1) is 0 Å². The van der Waals surface area contributed by atoms with Gasteiger partial charge in [-0.25, -0.2) is 0 Å². The Morgan fingerprint density at radius 3 is 2.85 bits per heavy atom. The zero-order valence-electron chi connectivity index (χ0n) is 14.6. The molecule has 5 nitrogen and oxygen atoms in total. The fraction of sp³-hybridized carbons (Fsp3) is 0.263. The smallest absolute Gasteiger partial charge is 0.255 e. The van der Waals surface area contributed by atoms with E-state index in [1.165, 1.54) is 0 Å². The lowest BCUT2D eigenvalue weighted by Crippen LogP contribution is -2.29. The van der Waals surface area contributed by atoms with Gasteiger partial charge in [0.25, 0.3) is 5.91 Å². The second-order valence-electron chi connectivity index (χ2n) is 6.21. The van der Waals surface area contributed by atoms with E-state index in [1.807, 2.05) is 25.1 Å². The number of halogens is 1. The van der Waals surface area contributed by atoms with Crippen molar-refractivity contribution in [1.82, 2.24) is 0 Å². The average molecular weight is 390 g/mol. The van der Waals surface area contributed by atoms with Gasteiger partial charge in [-0.1, -0.05) is 35.5 Å². The highest BCUT2D eigenvalue weighted by Gasteiger charge is 2.29. The van der Waals surface area contributed by atoms with Gasteiger partial charge in [-0.3, -0.25) is 9.79 Å². The van der Waals surface area contributed by atoms with Gasteiger partial charge in [0.1, 0.15) is 5.75 Å². The van der Waals surface area contributed by atoms with Crippen LogP contribution in [-0.4, -0.2) is 23.9 Å². The summed E-state index contributed by atoms with van der Waals surface area (Å²) in [6.45, 7) is 2.04. The van der Waals surface area contributed by atoms with E-state index in [0.717, 1.165) is 17.7 Å². The average Bonchev–Trinajstić information content (AvgIpc) is 2.62. The third-order valence-electron chi connectivity index (χ3n) is 4.35. The molecule has 0 fully saturated rings. The fourth-order valence-electron chi connectivity index (χ4n) is 2.84. The summed E-state index contributed by atoms with van der Waals surface area (Å²) in [5.41, 5.74) is 7.63. The number of amides is 1. The zero-order valence-corrected chi connectivity index (χ0v) is 16.2. The molecule has 1 aliphatic heterocycles. The molecule has 1 atom stereocenters. The maximum absolute atomic E-state index is 12.6. The fourth-order valence-corrected chi connectivity index (χ4v) is 4.07. The predicted octanol–water partition coefficient (Wildman–Crippen LogP) is 4.27. The number of carbonyl (C=O) groups is 1. The predicted molar refractivity (Wildman–Crippen MR) is 108 cm³/mol. The molecule has 0 saturated carbocycles. The molecule has 136 valence electrons. The largest absolute Gasteiger partial charge is 0.495 e.